The highest BCUT2D eigenvalue weighted by Crippen LogP contribution is 2.08. The number of unbranched alkanes of at least 4 members (excludes halogenated alkanes) is 1. The summed E-state index contributed by atoms with van der Waals surface area (Å²) >= 11 is 0. The summed E-state index contributed by atoms with van der Waals surface area (Å²) in [6, 6.07) is 0.578. The van der Waals surface area contributed by atoms with E-state index in [0.717, 1.165) is 0 Å². The van der Waals surface area contributed by atoms with Crippen LogP contribution in [0, 0.1) is 11.3 Å². The van der Waals surface area contributed by atoms with Crippen molar-refractivity contribution in [3.05, 3.63) is 0 Å². The monoisotopic (exact) mass is 252 g/mol. The van der Waals surface area contributed by atoms with Gasteiger partial charge in [0.15, 0.2) is 0 Å². The Morgan fingerprint density at radius 2 is 2.33 bits per heavy atom. The van der Waals surface area contributed by atoms with Gasteiger partial charge in [0.1, 0.15) is 12.1 Å². The number of primary amides is 1. The van der Waals surface area contributed by atoms with E-state index in [1.165, 1.54) is 0 Å². The van der Waals surface area contributed by atoms with Gasteiger partial charge in [-0.2, -0.15) is 5.26 Å². The number of rotatable bonds is 6. The minimum absolute atomic E-state index is 0.171. The summed E-state index contributed by atoms with van der Waals surface area (Å²) < 4.78 is 0. The summed E-state index contributed by atoms with van der Waals surface area (Å²) in [5.74, 6) is -1.21. The number of nitrogens with zero attached hydrogens (tertiary/aromatic N) is 1. The van der Waals surface area contributed by atoms with Crippen molar-refractivity contribution in [1.82, 2.24) is 10.6 Å². The van der Waals surface area contributed by atoms with E-state index in [-0.39, 0.29) is 5.91 Å². The molecule has 1 aliphatic heterocycles. The minimum atomic E-state index is -0.789. The zero-order valence-electron chi connectivity index (χ0n) is 9.94. The molecule has 1 rings (SSSR count). The third-order valence-electron chi connectivity index (χ3n) is 2.75. The van der Waals surface area contributed by atoms with Crippen LogP contribution in [0.1, 0.15) is 32.1 Å². The predicted molar refractivity (Wildman–Crippen MR) is 61.8 cm³/mol. The summed E-state index contributed by atoms with van der Waals surface area (Å²) in [5, 5.41) is 13.4. The number of carbonyl (C=O) groups is 3. The highest BCUT2D eigenvalue weighted by Gasteiger charge is 2.29. The van der Waals surface area contributed by atoms with Gasteiger partial charge in [-0.05, 0) is 19.3 Å². The standard InChI is InChI=1S/C11H16N4O3/c12-6-2-1-3-7(10(13)17)15-11(18)8-4-5-9(16)14-8/h7-8H,1-5H2,(H2,13,17)(H,14,16)(H,15,18)/t7-,8-/m1/s1. The van der Waals surface area contributed by atoms with E-state index in [0.29, 0.717) is 32.1 Å². The van der Waals surface area contributed by atoms with Crippen molar-refractivity contribution >= 4 is 17.7 Å². The first-order valence-corrected chi connectivity index (χ1v) is 5.80. The molecule has 1 heterocycles. The van der Waals surface area contributed by atoms with Crippen LogP contribution in [0.3, 0.4) is 0 Å². The van der Waals surface area contributed by atoms with Crippen LogP contribution in [-0.2, 0) is 14.4 Å². The van der Waals surface area contributed by atoms with Gasteiger partial charge in [-0.1, -0.05) is 0 Å². The van der Waals surface area contributed by atoms with Crippen LogP contribution in [0.15, 0.2) is 0 Å². The number of hydrogen-bond acceptors (Lipinski definition) is 4. The van der Waals surface area contributed by atoms with E-state index >= 15 is 0 Å². The molecule has 0 bridgehead atoms. The van der Waals surface area contributed by atoms with Crippen LogP contribution in [0.2, 0.25) is 0 Å². The summed E-state index contributed by atoms with van der Waals surface area (Å²) in [7, 11) is 0. The second kappa shape index (κ2) is 6.59. The Hall–Kier alpha value is -2.10. The molecule has 18 heavy (non-hydrogen) atoms. The van der Waals surface area contributed by atoms with E-state index in [4.69, 9.17) is 11.0 Å². The van der Waals surface area contributed by atoms with Crippen LogP contribution < -0.4 is 16.4 Å². The zero-order chi connectivity index (χ0) is 13.5. The highest BCUT2D eigenvalue weighted by molar-refractivity contribution is 5.93. The van der Waals surface area contributed by atoms with Gasteiger partial charge in [0.05, 0.1) is 6.07 Å². The lowest BCUT2D eigenvalue weighted by Gasteiger charge is -2.17. The smallest absolute Gasteiger partial charge is 0.243 e. The second-order valence-electron chi connectivity index (χ2n) is 4.17. The lowest BCUT2D eigenvalue weighted by molar-refractivity contribution is -0.129. The summed E-state index contributed by atoms with van der Waals surface area (Å²) in [6.45, 7) is 0. The molecule has 1 saturated heterocycles. The number of nitrogens with two attached hydrogens (primary N) is 1. The van der Waals surface area contributed by atoms with Crippen molar-refractivity contribution in [2.75, 3.05) is 0 Å². The Kier molecular flexibility index (Phi) is 5.11. The molecule has 0 aromatic heterocycles. The molecule has 2 atom stereocenters. The minimum Gasteiger partial charge on any atom is -0.368 e. The number of carbonyl (C=O) groups excluding carboxylic acids is 3. The molecular formula is C11H16N4O3. The Labute approximate surface area is 105 Å². The van der Waals surface area contributed by atoms with E-state index in [1.54, 1.807) is 0 Å². The maximum absolute atomic E-state index is 11.7. The fourth-order valence-electron chi connectivity index (χ4n) is 1.75. The van der Waals surface area contributed by atoms with Gasteiger partial charge in [0.2, 0.25) is 17.7 Å². The maximum Gasteiger partial charge on any atom is 0.243 e. The van der Waals surface area contributed by atoms with Gasteiger partial charge in [-0.3, -0.25) is 14.4 Å². The average molecular weight is 252 g/mol. The van der Waals surface area contributed by atoms with Gasteiger partial charge >= 0.3 is 0 Å². The first-order valence-electron chi connectivity index (χ1n) is 5.80. The Morgan fingerprint density at radius 1 is 1.61 bits per heavy atom. The average Bonchev–Trinajstić information content (AvgIpc) is 2.74. The molecule has 0 aromatic carbocycles. The number of amides is 3. The molecule has 7 nitrogen and oxygen atoms in total. The number of nitrogens with one attached hydrogen (secondary N) is 2. The van der Waals surface area contributed by atoms with Crippen LogP contribution in [0.25, 0.3) is 0 Å². The predicted octanol–water partition coefficient (Wildman–Crippen LogP) is -1.07. The summed E-state index contributed by atoms with van der Waals surface area (Å²) in [4.78, 5) is 33.9. The second-order valence-corrected chi connectivity index (χ2v) is 4.17. The van der Waals surface area contributed by atoms with Crippen LogP contribution in [0.5, 0.6) is 0 Å². The summed E-state index contributed by atoms with van der Waals surface area (Å²) in [5.41, 5.74) is 5.17. The molecule has 0 radical (unpaired) electrons. The molecule has 3 amide bonds. The molecule has 0 aromatic rings. The van der Waals surface area contributed by atoms with Gasteiger partial charge in [-0.25, -0.2) is 0 Å². The Bertz CT molecular complexity index is 388. The first-order chi connectivity index (χ1) is 8.54. The lowest BCUT2D eigenvalue weighted by atomic mass is 10.1. The molecular weight excluding hydrogens is 236 g/mol. The van der Waals surface area contributed by atoms with Crippen molar-refractivity contribution < 1.29 is 14.4 Å². The molecule has 0 spiro atoms. The normalized spacial score (nSPS) is 19.7. The maximum atomic E-state index is 11.7. The Morgan fingerprint density at radius 3 is 2.83 bits per heavy atom. The molecule has 7 heteroatoms. The van der Waals surface area contributed by atoms with Gasteiger partial charge in [0.25, 0.3) is 0 Å². The van der Waals surface area contributed by atoms with Gasteiger partial charge in [0, 0.05) is 12.8 Å². The van der Waals surface area contributed by atoms with E-state index in [2.05, 4.69) is 10.6 Å². The molecule has 4 N–H and O–H groups in total. The number of nitriles is 1. The Balaban J connectivity index is 2.45. The molecule has 1 fully saturated rings. The topological polar surface area (TPSA) is 125 Å². The third kappa shape index (κ3) is 4.05. The van der Waals surface area contributed by atoms with Crippen LogP contribution >= 0.6 is 0 Å². The van der Waals surface area contributed by atoms with Gasteiger partial charge < -0.3 is 16.4 Å². The molecule has 0 unspecified atom stereocenters. The fraction of sp³-hybridized carbons (Fsp3) is 0.636. The van der Waals surface area contributed by atoms with Crippen LogP contribution in [0.4, 0.5) is 0 Å². The lowest BCUT2D eigenvalue weighted by Crippen LogP contribution is -2.50. The third-order valence-corrected chi connectivity index (χ3v) is 2.75. The van der Waals surface area contributed by atoms with E-state index in [1.807, 2.05) is 6.07 Å². The van der Waals surface area contributed by atoms with E-state index in [9.17, 15) is 14.4 Å². The van der Waals surface area contributed by atoms with Gasteiger partial charge in [-0.15, -0.1) is 0 Å². The van der Waals surface area contributed by atoms with E-state index < -0.39 is 23.9 Å². The largest absolute Gasteiger partial charge is 0.368 e. The SMILES string of the molecule is N#CCCC[C@@H](NC(=O)[C@H]1CCC(=O)N1)C(N)=O. The molecule has 1 aliphatic rings. The molecule has 0 saturated carbocycles. The molecule has 0 aliphatic carbocycles. The number of hydrogen-bond donors (Lipinski definition) is 3. The van der Waals surface area contributed by atoms with Crippen molar-refractivity contribution in [2.45, 2.75) is 44.2 Å². The van der Waals surface area contributed by atoms with Crippen LogP contribution in [-0.4, -0.2) is 29.8 Å². The quantitative estimate of drug-likeness (QED) is 0.520. The zero-order valence-corrected chi connectivity index (χ0v) is 9.94. The highest BCUT2D eigenvalue weighted by atomic mass is 16.2. The first kappa shape index (κ1) is 14.0. The van der Waals surface area contributed by atoms with Crippen molar-refractivity contribution in [1.29, 1.82) is 5.26 Å². The van der Waals surface area contributed by atoms with Crippen molar-refractivity contribution in [2.24, 2.45) is 5.73 Å². The summed E-state index contributed by atoms with van der Waals surface area (Å²) in [6.07, 6.45) is 1.86. The van der Waals surface area contributed by atoms with Crippen molar-refractivity contribution in [3.8, 4) is 6.07 Å². The molecule has 98 valence electrons. The van der Waals surface area contributed by atoms with Crippen molar-refractivity contribution in [3.63, 3.8) is 0 Å². The fourth-order valence-corrected chi connectivity index (χ4v) is 1.75.